The molecule has 4 N–H and O–H groups in total. The number of hydrogen-bond acceptors (Lipinski definition) is 7. The highest BCUT2D eigenvalue weighted by molar-refractivity contribution is 6.32. The van der Waals surface area contributed by atoms with Gasteiger partial charge in [0, 0.05) is 5.69 Å². The molecule has 4 rings (SSSR count). The fourth-order valence-corrected chi connectivity index (χ4v) is 3.73. The van der Waals surface area contributed by atoms with Gasteiger partial charge in [0.2, 0.25) is 0 Å². The highest BCUT2D eigenvalue weighted by atomic mass is 35.5. The van der Waals surface area contributed by atoms with Crippen LogP contribution in [-0.2, 0) is 4.79 Å². The number of carbonyl (C=O) groups excluding carboxylic acids is 1. The van der Waals surface area contributed by atoms with Crippen LogP contribution >= 0.6 is 11.6 Å². The standard InChI is InChI=1S/C22H18ClF3N6O3/c1-10-17-18(20(27)29-11(2)28-17)32(31-10)16-7-6-13(9-15(16)23)30-21(34)19(33)12-4-3-5-14(8-12)35-22(24,25)26/h3-9,19,33H,1-2H3,(H,30,34)(H2,27,28,29)/t19-/m1/s1. The number of aliphatic hydroxyl groups excluding tert-OH is 1. The maximum Gasteiger partial charge on any atom is 0.573 e. The highest BCUT2D eigenvalue weighted by Gasteiger charge is 2.31. The van der Waals surface area contributed by atoms with Crippen molar-refractivity contribution >= 4 is 40.0 Å². The predicted octanol–water partition coefficient (Wildman–Crippen LogP) is 4.24. The van der Waals surface area contributed by atoms with Crippen molar-refractivity contribution in [3.05, 3.63) is 64.6 Å². The number of aliphatic hydroxyl groups is 1. The molecule has 1 atom stereocenters. The first-order valence-electron chi connectivity index (χ1n) is 10.1. The number of rotatable bonds is 5. The largest absolute Gasteiger partial charge is 0.573 e. The van der Waals surface area contributed by atoms with E-state index in [-0.39, 0.29) is 22.1 Å². The van der Waals surface area contributed by atoms with E-state index in [0.29, 0.717) is 28.2 Å². The molecule has 1 amide bonds. The number of nitrogens with two attached hydrogens (primary N) is 1. The normalized spacial score (nSPS) is 12.5. The van der Waals surface area contributed by atoms with Gasteiger partial charge in [0.1, 0.15) is 22.6 Å². The van der Waals surface area contributed by atoms with Crippen molar-refractivity contribution in [3.8, 4) is 11.4 Å². The number of nitrogens with zero attached hydrogens (tertiary/aromatic N) is 4. The molecular formula is C22H18ClF3N6O3. The summed E-state index contributed by atoms with van der Waals surface area (Å²) in [7, 11) is 0. The number of nitrogens with one attached hydrogen (secondary N) is 1. The van der Waals surface area contributed by atoms with Gasteiger partial charge in [0.25, 0.3) is 5.91 Å². The van der Waals surface area contributed by atoms with Gasteiger partial charge in [-0.1, -0.05) is 23.7 Å². The molecule has 0 saturated heterocycles. The second-order valence-electron chi connectivity index (χ2n) is 7.53. The summed E-state index contributed by atoms with van der Waals surface area (Å²) < 4.78 is 42.6. The second kappa shape index (κ2) is 9.04. The van der Waals surface area contributed by atoms with Crippen LogP contribution < -0.4 is 15.8 Å². The van der Waals surface area contributed by atoms with Gasteiger partial charge in [0.15, 0.2) is 11.9 Å². The number of aromatic nitrogens is 4. The molecule has 2 aromatic heterocycles. The molecule has 0 aliphatic carbocycles. The van der Waals surface area contributed by atoms with Gasteiger partial charge >= 0.3 is 6.36 Å². The Bertz CT molecular complexity index is 1440. The molecule has 4 aromatic rings. The third-order valence-corrected chi connectivity index (χ3v) is 5.23. The summed E-state index contributed by atoms with van der Waals surface area (Å²) in [6.45, 7) is 3.48. The summed E-state index contributed by atoms with van der Waals surface area (Å²) in [6.07, 6.45) is -6.67. The summed E-state index contributed by atoms with van der Waals surface area (Å²) in [5.74, 6) is -0.724. The molecule has 0 saturated carbocycles. The van der Waals surface area contributed by atoms with Crippen molar-refractivity contribution in [2.75, 3.05) is 11.1 Å². The minimum absolute atomic E-state index is 0.0868. The molecule has 0 spiro atoms. The maximum absolute atomic E-state index is 12.5. The molecule has 0 unspecified atom stereocenters. The summed E-state index contributed by atoms with van der Waals surface area (Å²) in [6, 6.07) is 9.02. The van der Waals surface area contributed by atoms with Crippen molar-refractivity contribution < 1.29 is 27.8 Å². The average Bonchev–Trinajstić information content (AvgIpc) is 3.08. The third kappa shape index (κ3) is 5.12. The number of nitrogen functional groups attached to an aromatic ring is 1. The lowest BCUT2D eigenvalue weighted by molar-refractivity contribution is -0.274. The Hall–Kier alpha value is -3.90. The van der Waals surface area contributed by atoms with E-state index in [1.54, 1.807) is 19.9 Å². The number of hydrogen-bond donors (Lipinski definition) is 3. The zero-order chi connectivity index (χ0) is 25.5. The number of benzene rings is 2. The fraction of sp³-hybridized carbons (Fsp3) is 0.182. The molecule has 2 heterocycles. The molecule has 9 nitrogen and oxygen atoms in total. The molecule has 13 heteroatoms. The van der Waals surface area contributed by atoms with Crippen molar-refractivity contribution in [1.82, 2.24) is 19.7 Å². The van der Waals surface area contributed by atoms with Crippen LogP contribution in [0.3, 0.4) is 0 Å². The second-order valence-corrected chi connectivity index (χ2v) is 7.94. The van der Waals surface area contributed by atoms with Gasteiger partial charge in [-0.15, -0.1) is 13.2 Å². The topological polar surface area (TPSA) is 128 Å². The Morgan fingerprint density at radius 1 is 1.20 bits per heavy atom. The minimum Gasteiger partial charge on any atom is -0.406 e. The maximum atomic E-state index is 12.5. The van der Waals surface area contributed by atoms with E-state index in [1.165, 1.54) is 28.9 Å². The lowest BCUT2D eigenvalue weighted by Gasteiger charge is -2.15. The summed E-state index contributed by atoms with van der Waals surface area (Å²) in [5.41, 5.74) is 8.33. The minimum atomic E-state index is -4.90. The Morgan fingerprint density at radius 3 is 2.63 bits per heavy atom. The molecule has 0 aliphatic heterocycles. The number of carbonyl (C=O) groups is 1. The molecular weight excluding hydrogens is 489 g/mol. The van der Waals surface area contributed by atoms with E-state index in [2.05, 4.69) is 25.1 Å². The van der Waals surface area contributed by atoms with Gasteiger partial charge < -0.3 is 20.9 Å². The quantitative estimate of drug-likeness (QED) is 0.369. The zero-order valence-corrected chi connectivity index (χ0v) is 19.0. The zero-order valence-electron chi connectivity index (χ0n) is 18.3. The molecule has 2 aromatic carbocycles. The van der Waals surface area contributed by atoms with Crippen LogP contribution in [0, 0.1) is 13.8 Å². The monoisotopic (exact) mass is 506 g/mol. The van der Waals surface area contributed by atoms with Crippen molar-refractivity contribution in [3.63, 3.8) is 0 Å². The lowest BCUT2D eigenvalue weighted by Crippen LogP contribution is -2.21. The molecule has 0 radical (unpaired) electrons. The Kier molecular flexibility index (Phi) is 6.26. The van der Waals surface area contributed by atoms with Crippen LogP contribution in [0.15, 0.2) is 42.5 Å². The van der Waals surface area contributed by atoms with Crippen molar-refractivity contribution in [2.45, 2.75) is 26.3 Å². The van der Waals surface area contributed by atoms with Crippen molar-refractivity contribution in [2.24, 2.45) is 0 Å². The van der Waals surface area contributed by atoms with E-state index < -0.39 is 24.1 Å². The van der Waals surface area contributed by atoms with Crippen molar-refractivity contribution in [1.29, 1.82) is 0 Å². The van der Waals surface area contributed by atoms with Gasteiger partial charge in [-0.05, 0) is 49.7 Å². The third-order valence-electron chi connectivity index (χ3n) is 4.93. The number of alkyl halides is 3. The van der Waals surface area contributed by atoms with E-state index >= 15 is 0 Å². The number of aryl methyl sites for hydroxylation is 2. The van der Waals surface area contributed by atoms with Crippen LogP contribution in [0.4, 0.5) is 24.7 Å². The summed E-state index contributed by atoms with van der Waals surface area (Å²) in [5, 5.41) is 17.4. The van der Waals surface area contributed by atoms with E-state index in [4.69, 9.17) is 17.3 Å². The first-order valence-corrected chi connectivity index (χ1v) is 10.4. The molecule has 0 fully saturated rings. The Morgan fingerprint density at radius 2 is 1.94 bits per heavy atom. The summed E-state index contributed by atoms with van der Waals surface area (Å²) >= 11 is 6.44. The van der Waals surface area contributed by atoms with Gasteiger partial charge in [0.05, 0.1) is 16.4 Å². The first-order chi connectivity index (χ1) is 16.4. The summed E-state index contributed by atoms with van der Waals surface area (Å²) in [4.78, 5) is 21.0. The van der Waals surface area contributed by atoms with Gasteiger partial charge in [-0.3, -0.25) is 4.79 Å². The van der Waals surface area contributed by atoms with Crippen LogP contribution in [0.2, 0.25) is 5.02 Å². The number of anilines is 2. The highest BCUT2D eigenvalue weighted by Crippen LogP contribution is 2.31. The Labute approximate surface area is 201 Å². The molecule has 0 aliphatic rings. The van der Waals surface area contributed by atoms with Gasteiger partial charge in [-0.2, -0.15) is 5.10 Å². The average molecular weight is 507 g/mol. The predicted molar refractivity (Wildman–Crippen MR) is 122 cm³/mol. The van der Waals surface area contributed by atoms with Crippen LogP contribution in [0.5, 0.6) is 5.75 Å². The number of halogens is 4. The first kappa shape index (κ1) is 24.2. The molecule has 182 valence electrons. The van der Waals surface area contributed by atoms with E-state index in [1.807, 2.05) is 0 Å². The molecule has 0 bridgehead atoms. The van der Waals surface area contributed by atoms with E-state index in [9.17, 15) is 23.1 Å². The number of amides is 1. The Balaban J connectivity index is 1.57. The van der Waals surface area contributed by atoms with E-state index in [0.717, 1.165) is 12.1 Å². The van der Waals surface area contributed by atoms with Crippen LogP contribution in [0.25, 0.3) is 16.7 Å². The SMILES string of the molecule is Cc1nc(N)c2c(n1)c(C)nn2-c1ccc(NC(=O)[C@H](O)c2cccc(OC(F)(F)F)c2)cc1Cl. The van der Waals surface area contributed by atoms with Crippen LogP contribution in [-0.4, -0.2) is 37.1 Å². The smallest absolute Gasteiger partial charge is 0.406 e. The fourth-order valence-electron chi connectivity index (χ4n) is 3.47. The van der Waals surface area contributed by atoms with Crippen LogP contribution in [0.1, 0.15) is 23.2 Å². The number of ether oxygens (including phenoxy) is 1. The number of fused-ring (bicyclic) bond motifs is 1. The molecule has 35 heavy (non-hydrogen) atoms. The lowest BCUT2D eigenvalue weighted by atomic mass is 10.1. The van der Waals surface area contributed by atoms with Gasteiger partial charge in [-0.25, -0.2) is 14.6 Å².